The second-order valence-electron chi connectivity index (χ2n) is 9.93. The van der Waals surface area contributed by atoms with E-state index in [9.17, 15) is 9.59 Å². The Hall–Kier alpha value is -3.01. The number of anilines is 2. The van der Waals surface area contributed by atoms with Gasteiger partial charge in [0.05, 0.1) is 29.6 Å². The SMILES string of the molecule is COCCOc1cnc2[nH]cc(NC(=O)C3CC3)c2c1N1CCC[C@@H](NC(=O)OC(C)(C)C)C1. The van der Waals surface area contributed by atoms with Gasteiger partial charge in [-0.1, -0.05) is 0 Å². The van der Waals surface area contributed by atoms with E-state index < -0.39 is 11.7 Å². The molecule has 1 saturated carbocycles. The van der Waals surface area contributed by atoms with Crippen molar-refractivity contribution in [1.82, 2.24) is 15.3 Å². The zero-order chi connectivity index (χ0) is 24.3. The molecule has 10 nitrogen and oxygen atoms in total. The lowest BCUT2D eigenvalue weighted by molar-refractivity contribution is -0.117. The van der Waals surface area contributed by atoms with Crippen molar-refractivity contribution in [2.75, 3.05) is 43.6 Å². The predicted molar refractivity (Wildman–Crippen MR) is 129 cm³/mol. The molecule has 3 N–H and O–H groups in total. The first kappa shape index (κ1) is 24.1. The number of nitrogens with one attached hydrogen (secondary N) is 3. The van der Waals surface area contributed by atoms with Crippen LogP contribution < -0.4 is 20.3 Å². The fraction of sp³-hybridized carbons (Fsp3) is 0.625. The molecular formula is C24H35N5O5. The quantitative estimate of drug-likeness (QED) is 0.503. The lowest BCUT2D eigenvalue weighted by atomic mass is 10.0. The van der Waals surface area contributed by atoms with Crippen LogP contribution in [0.5, 0.6) is 5.75 Å². The highest BCUT2D eigenvalue weighted by Gasteiger charge is 2.32. The molecule has 2 aliphatic rings. The smallest absolute Gasteiger partial charge is 0.407 e. The first-order chi connectivity index (χ1) is 16.2. The van der Waals surface area contributed by atoms with Crippen LogP contribution in [0.1, 0.15) is 46.5 Å². The number of methoxy groups -OCH3 is 1. The largest absolute Gasteiger partial charge is 0.487 e. The van der Waals surface area contributed by atoms with Gasteiger partial charge in [0.15, 0.2) is 5.75 Å². The van der Waals surface area contributed by atoms with Gasteiger partial charge in [-0.15, -0.1) is 0 Å². The number of aromatic nitrogens is 2. The highest BCUT2D eigenvalue weighted by molar-refractivity contribution is 6.08. The number of carbonyl (C=O) groups is 2. The van der Waals surface area contributed by atoms with Crippen LogP contribution in [0.3, 0.4) is 0 Å². The van der Waals surface area contributed by atoms with Crippen molar-refractivity contribution in [3.8, 4) is 5.75 Å². The van der Waals surface area contributed by atoms with E-state index in [4.69, 9.17) is 14.2 Å². The van der Waals surface area contributed by atoms with Crippen LogP contribution in [0.25, 0.3) is 11.0 Å². The summed E-state index contributed by atoms with van der Waals surface area (Å²) in [5, 5.41) is 6.87. The highest BCUT2D eigenvalue weighted by atomic mass is 16.6. The summed E-state index contributed by atoms with van der Waals surface area (Å²) in [6.07, 6.45) is 6.64. The third-order valence-electron chi connectivity index (χ3n) is 5.85. The Morgan fingerprint density at radius 2 is 2.03 bits per heavy atom. The number of piperidine rings is 1. The Kier molecular flexibility index (Phi) is 7.16. The summed E-state index contributed by atoms with van der Waals surface area (Å²) in [6.45, 7) is 7.73. The minimum atomic E-state index is -0.558. The maximum Gasteiger partial charge on any atom is 0.407 e. The number of hydrogen-bond donors (Lipinski definition) is 3. The van der Waals surface area contributed by atoms with Gasteiger partial charge in [0.2, 0.25) is 5.91 Å². The first-order valence-corrected chi connectivity index (χ1v) is 11.9. The Morgan fingerprint density at radius 1 is 1.24 bits per heavy atom. The third kappa shape index (κ3) is 5.91. The van der Waals surface area contributed by atoms with Crippen LogP contribution in [0.15, 0.2) is 12.4 Å². The van der Waals surface area contributed by atoms with Gasteiger partial charge in [0.1, 0.15) is 17.9 Å². The van der Waals surface area contributed by atoms with Crippen molar-refractivity contribution in [2.24, 2.45) is 5.92 Å². The average Bonchev–Trinajstić information content (AvgIpc) is 3.55. The van der Waals surface area contributed by atoms with Crippen LogP contribution in [-0.2, 0) is 14.3 Å². The number of carbonyl (C=O) groups excluding carboxylic acids is 2. The zero-order valence-corrected chi connectivity index (χ0v) is 20.4. The molecule has 0 unspecified atom stereocenters. The molecule has 186 valence electrons. The molecule has 1 aliphatic heterocycles. The number of H-pyrrole nitrogens is 1. The molecule has 0 aromatic carbocycles. The number of nitrogens with zero attached hydrogens (tertiary/aromatic N) is 2. The molecule has 2 amide bonds. The molecule has 1 atom stereocenters. The van der Waals surface area contributed by atoms with Gasteiger partial charge in [-0.2, -0.15) is 0 Å². The lowest BCUT2D eigenvalue weighted by Gasteiger charge is -2.36. The van der Waals surface area contributed by atoms with Crippen LogP contribution in [-0.4, -0.2) is 67.0 Å². The minimum absolute atomic E-state index is 0.0284. The van der Waals surface area contributed by atoms with E-state index in [-0.39, 0.29) is 17.9 Å². The van der Waals surface area contributed by atoms with E-state index in [1.807, 2.05) is 20.8 Å². The van der Waals surface area contributed by atoms with Gasteiger partial charge in [-0.3, -0.25) is 4.79 Å². The molecule has 34 heavy (non-hydrogen) atoms. The van der Waals surface area contributed by atoms with Gasteiger partial charge in [-0.05, 0) is 46.5 Å². The van der Waals surface area contributed by atoms with Crippen molar-refractivity contribution >= 4 is 34.4 Å². The molecule has 2 aromatic rings. The van der Waals surface area contributed by atoms with Crippen LogP contribution in [0.2, 0.25) is 0 Å². The summed E-state index contributed by atoms with van der Waals surface area (Å²) in [6, 6.07) is -0.0814. The Balaban J connectivity index is 1.62. The standard InChI is InChI=1S/C24H35N5O5/c1-24(2,3)34-23(31)27-16-6-5-9-29(14-16)20-18(33-11-10-32-4)13-26-21-19(20)17(12-25-21)28-22(30)15-7-8-15/h12-13,15-16H,5-11,14H2,1-4H3,(H,25,26)(H,27,31)(H,28,30)/t16-/m1/s1. The number of ether oxygens (including phenoxy) is 3. The second kappa shape index (κ2) is 10.1. The number of amides is 2. The van der Waals surface area contributed by atoms with E-state index in [0.29, 0.717) is 36.8 Å². The first-order valence-electron chi connectivity index (χ1n) is 11.9. The molecule has 4 rings (SSSR count). The van der Waals surface area contributed by atoms with Gasteiger partial charge >= 0.3 is 6.09 Å². The van der Waals surface area contributed by atoms with Crippen LogP contribution in [0, 0.1) is 5.92 Å². The van der Waals surface area contributed by atoms with Crippen molar-refractivity contribution in [3.05, 3.63) is 12.4 Å². The van der Waals surface area contributed by atoms with E-state index in [2.05, 4.69) is 25.5 Å². The zero-order valence-electron chi connectivity index (χ0n) is 20.4. The summed E-state index contributed by atoms with van der Waals surface area (Å²) in [4.78, 5) is 34.8. The van der Waals surface area contributed by atoms with Gasteiger partial charge in [0, 0.05) is 38.4 Å². The number of alkyl carbamates (subject to hydrolysis) is 1. The van der Waals surface area contributed by atoms with Crippen molar-refractivity contribution in [1.29, 1.82) is 0 Å². The highest BCUT2D eigenvalue weighted by Crippen LogP contribution is 2.41. The maximum absolute atomic E-state index is 12.5. The van der Waals surface area contributed by atoms with Gasteiger partial charge in [0.25, 0.3) is 0 Å². The lowest BCUT2D eigenvalue weighted by Crippen LogP contribution is -2.49. The number of fused-ring (bicyclic) bond motifs is 1. The Labute approximate surface area is 199 Å². The fourth-order valence-electron chi connectivity index (χ4n) is 4.17. The summed E-state index contributed by atoms with van der Waals surface area (Å²) >= 11 is 0. The molecule has 3 heterocycles. The number of pyridine rings is 1. The number of rotatable bonds is 8. The van der Waals surface area contributed by atoms with E-state index in [0.717, 1.165) is 43.3 Å². The molecule has 1 saturated heterocycles. The summed E-state index contributed by atoms with van der Waals surface area (Å²) in [5.74, 6) is 0.726. The average molecular weight is 474 g/mol. The van der Waals surface area contributed by atoms with E-state index >= 15 is 0 Å². The Morgan fingerprint density at radius 3 is 2.74 bits per heavy atom. The molecule has 2 aromatic heterocycles. The topological polar surface area (TPSA) is 118 Å². The van der Waals surface area contributed by atoms with E-state index in [1.54, 1.807) is 19.5 Å². The van der Waals surface area contributed by atoms with Crippen LogP contribution >= 0.6 is 0 Å². The molecular weight excluding hydrogens is 438 g/mol. The third-order valence-corrected chi connectivity index (χ3v) is 5.85. The van der Waals surface area contributed by atoms with Crippen molar-refractivity contribution in [2.45, 2.75) is 58.1 Å². The van der Waals surface area contributed by atoms with E-state index in [1.165, 1.54) is 0 Å². The molecule has 0 radical (unpaired) electrons. The Bertz CT molecular complexity index is 1030. The number of hydrogen-bond acceptors (Lipinski definition) is 7. The van der Waals surface area contributed by atoms with Crippen molar-refractivity contribution in [3.63, 3.8) is 0 Å². The molecule has 0 spiro atoms. The van der Waals surface area contributed by atoms with Gasteiger partial charge < -0.3 is 34.7 Å². The van der Waals surface area contributed by atoms with Crippen molar-refractivity contribution < 1.29 is 23.8 Å². The number of aromatic amines is 1. The fourth-order valence-corrected chi connectivity index (χ4v) is 4.17. The predicted octanol–water partition coefficient (Wildman–Crippen LogP) is 3.43. The second-order valence-corrected chi connectivity index (χ2v) is 9.93. The van der Waals surface area contributed by atoms with Gasteiger partial charge in [-0.25, -0.2) is 9.78 Å². The summed E-state index contributed by atoms with van der Waals surface area (Å²) in [7, 11) is 1.63. The maximum atomic E-state index is 12.5. The molecule has 1 aliphatic carbocycles. The monoisotopic (exact) mass is 473 g/mol. The minimum Gasteiger partial charge on any atom is -0.487 e. The molecule has 10 heteroatoms. The summed E-state index contributed by atoms with van der Waals surface area (Å²) in [5.41, 5.74) is 1.65. The molecule has 2 fully saturated rings. The molecule has 0 bridgehead atoms. The summed E-state index contributed by atoms with van der Waals surface area (Å²) < 4.78 is 16.6. The van der Waals surface area contributed by atoms with Crippen LogP contribution in [0.4, 0.5) is 16.2 Å². The normalized spacial score (nSPS) is 18.6.